The fraction of sp³-hybridized carbons (Fsp3) is 1.00. The molecule has 2 heterocycles. The molecule has 7 nitrogen and oxygen atoms in total. The van der Waals surface area contributed by atoms with E-state index < -0.39 is 12.2 Å². The molecule has 19 heavy (non-hydrogen) atoms. The second kappa shape index (κ2) is 8.11. The molecular formula is C12H22O7. The Labute approximate surface area is 112 Å². The highest BCUT2D eigenvalue weighted by atomic mass is 16.7. The van der Waals surface area contributed by atoms with Gasteiger partial charge in [-0.25, -0.2) is 0 Å². The van der Waals surface area contributed by atoms with Gasteiger partial charge in [-0.05, 0) is 0 Å². The van der Waals surface area contributed by atoms with Crippen LogP contribution in [0.3, 0.4) is 0 Å². The zero-order valence-corrected chi connectivity index (χ0v) is 10.9. The van der Waals surface area contributed by atoms with Crippen LogP contribution >= 0.6 is 0 Å². The molecule has 0 amide bonds. The van der Waals surface area contributed by atoms with E-state index in [1.807, 2.05) is 0 Å². The number of aliphatic hydroxyl groups excluding tert-OH is 2. The van der Waals surface area contributed by atoms with E-state index in [1.54, 1.807) is 0 Å². The third kappa shape index (κ3) is 4.96. The largest absolute Gasteiger partial charge is 0.390 e. The lowest BCUT2D eigenvalue weighted by molar-refractivity contribution is -0.167. The Kier molecular flexibility index (Phi) is 6.45. The van der Waals surface area contributed by atoms with E-state index in [-0.39, 0.29) is 38.6 Å². The first kappa shape index (κ1) is 15.1. The fourth-order valence-electron chi connectivity index (χ4n) is 2.04. The van der Waals surface area contributed by atoms with E-state index >= 15 is 0 Å². The van der Waals surface area contributed by atoms with Crippen LogP contribution in [0.5, 0.6) is 0 Å². The summed E-state index contributed by atoms with van der Waals surface area (Å²) in [5, 5.41) is 19.8. The Hall–Kier alpha value is -0.280. The van der Waals surface area contributed by atoms with E-state index in [2.05, 4.69) is 0 Å². The van der Waals surface area contributed by atoms with Gasteiger partial charge in [0.2, 0.25) is 0 Å². The van der Waals surface area contributed by atoms with Crippen LogP contribution in [0.15, 0.2) is 0 Å². The van der Waals surface area contributed by atoms with E-state index in [9.17, 15) is 10.2 Å². The Morgan fingerprint density at radius 1 is 0.789 bits per heavy atom. The van der Waals surface area contributed by atoms with Crippen LogP contribution in [-0.2, 0) is 23.7 Å². The monoisotopic (exact) mass is 278 g/mol. The van der Waals surface area contributed by atoms with Gasteiger partial charge in [0.25, 0.3) is 0 Å². The van der Waals surface area contributed by atoms with Crippen molar-refractivity contribution in [1.82, 2.24) is 0 Å². The summed E-state index contributed by atoms with van der Waals surface area (Å²) in [7, 11) is 0. The first-order valence-electron chi connectivity index (χ1n) is 6.52. The normalized spacial score (nSPS) is 26.2. The summed E-state index contributed by atoms with van der Waals surface area (Å²) in [5.74, 6) is -0.153. The van der Waals surface area contributed by atoms with Gasteiger partial charge < -0.3 is 33.9 Å². The van der Waals surface area contributed by atoms with Crippen molar-refractivity contribution in [3.63, 3.8) is 0 Å². The molecule has 2 aliphatic heterocycles. The van der Waals surface area contributed by atoms with Crippen LogP contribution in [0.2, 0.25) is 0 Å². The van der Waals surface area contributed by atoms with Crippen molar-refractivity contribution in [2.45, 2.75) is 12.2 Å². The summed E-state index contributed by atoms with van der Waals surface area (Å²) in [6, 6.07) is 0. The molecular weight excluding hydrogens is 256 g/mol. The molecule has 2 N–H and O–H groups in total. The molecule has 0 bridgehead atoms. The predicted molar refractivity (Wildman–Crippen MR) is 63.4 cm³/mol. The third-order valence-electron chi connectivity index (χ3n) is 3.33. The summed E-state index contributed by atoms with van der Waals surface area (Å²) in [5.41, 5.74) is 0. The first-order valence-corrected chi connectivity index (χ1v) is 6.52. The van der Waals surface area contributed by atoms with Gasteiger partial charge in [-0.2, -0.15) is 0 Å². The molecule has 0 saturated carbocycles. The topological polar surface area (TPSA) is 86.6 Å². The summed E-state index contributed by atoms with van der Waals surface area (Å²) >= 11 is 0. The molecule has 0 spiro atoms. The van der Waals surface area contributed by atoms with Crippen molar-refractivity contribution in [1.29, 1.82) is 0 Å². The van der Waals surface area contributed by atoms with E-state index in [1.165, 1.54) is 0 Å². The Balaban J connectivity index is 1.59. The van der Waals surface area contributed by atoms with Crippen molar-refractivity contribution in [3.8, 4) is 0 Å². The average molecular weight is 278 g/mol. The molecule has 2 aliphatic rings. The highest BCUT2D eigenvalue weighted by Crippen LogP contribution is 2.13. The highest BCUT2D eigenvalue weighted by molar-refractivity contribution is 4.72. The van der Waals surface area contributed by atoms with E-state index in [4.69, 9.17) is 23.7 Å². The SMILES string of the molecule is OC(COCC(O)C1COCOC1)C1COCOC1. The molecule has 0 aliphatic carbocycles. The fourth-order valence-corrected chi connectivity index (χ4v) is 2.04. The van der Waals surface area contributed by atoms with Gasteiger partial charge in [0.15, 0.2) is 0 Å². The number of ether oxygens (including phenoxy) is 5. The number of hydrogen-bond acceptors (Lipinski definition) is 7. The van der Waals surface area contributed by atoms with Crippen molar-refractivity contribution in [2.24, 2.45) is 11.8 Å². The molecule has 112 valence electrons. The van der Waals surface area contributed by atoms with Crippen LogP contribution in [-0.4, -0.2) is 75.6 Å². The van der Waals surface area contributed by atoms with Crippen LogP contribution in [0, 0.1) is 11.8 Å². The second-order valence-electron chi connectivity index (χ2n) is 4.91. The minimum atomic E-state index is -0.647. The molecule has 2 rings (SSSR count). The highest BCUT2D eigenvalue weighted by Gasteiger charge is 2.26. The van der Waals surface area contributed by atoms with Crippen LogP contribution in [0.25, 0.3) is 0 Å². The van der Waals surface area contributed by atoms with Gasteiger partial charge in [0, 0.05) is 11.8 Å². The number of hydrogen-bond donors (Lipinski definition) is 2. The van der Waals surface area contributed by atoms with Gasteiger partial charge in [0.05, 0.1) is 51.8 Å². The molecule has 0 radical (unpaired) electrons. The molecule has 2 unspecified atom stereocenters. The maximum absolute atomic E-state index is 9.88. The minimum Gasteiger partial charge on any atom is -0.390 e. The van der Waals surface area contributed by atoms with Gasteiger partial charge in [0.1, 0.15) is 13.6 Å². The molecule has 2 atom stereocenters. The van der Waals surface area contributed by atoms with Gasteiger partial charge >= 0.3 is 0 Å². The van der Waals surface area contributed by atoms with Crippen molar-refractivity contribution < 1.29 is 33.9 Å². The standard InChI is InChI=1S/C12H22O7/c13-11(9-1-16-7-17-2-9)5-15-6-12(14)10-3-18-8-19-4-10/h9-14H,1-8H2. The minimum absolute atomic E-state index is 0.0766. The average Bonchev–Trinajstić information content (AvgIpc) is 2.49. The molecule has 0 aromatic heterocycles. The Morgan fingerprint density at radius 3 is 1.53 bits per heavy atom. The maximum atomic E-state index is 9.88. The lowest BCUT2D eigenvalue weighted by Gasteiger charge is -2.28. The number of aliphatic hydroxyl groups is 2. The zero-order chi connectivity index (χ0) is 13.5. The van der Waals surface area contributed by atoms with Gasteiger partial charge in [-0.3, -0.25) is 0 Å². The maximum Gasteiger partial charge on any atom is 0.146 e. The number of rotatable bonds is 6. The summed E-state index contributed by atoms with van der Waals surface area (Å²) < 4.78 is 25.8. The lowest BCUT2D eigenvalue weighted by Crippen LogP contribution is -2.39. The molecule has 2 fully saturated rings. The third-order valence-corrected chi connectivity index (χ3v) is 3.33. The molecule has 2 saturated heterocycles. The van der Waals surface area contributed by atoms with Crippen LogP contribution in [0.1, 0.15) is 0 Å². The van der Waals surface area contributed by atoms with Crippen molar-refractivity contribution >= 4 is 0 Å². The van der Waals surface area contributed by atoms with Gasteiger partial charge in [-0.1, -0.05) is 0 Å². The summed E-state index contributed by atoms with van der Waals surface area (Å²) in [6.07, 6.45) is -1.29. The molecule has 0 aromatic rings. The summed E-state index contributed by atoms with van der Waals surface area (Å²) in [6.45, 7) is 2.75. The lowest BCUT2D eigenvalue weighted by atomic mass is 10.0. The molecule has 7 heteroatoms. The summed E-state index contributed by atoms with van der Waals surface area (Å²) in [4.78, 5) is 0. The first-order chi connectivity index (χ1) is 9.27. The second-order valence-corrected chi connectivity index (χ2v) is 4.91. The quantitative estimate of drug-likeness (QED) is 0.642. The smallest absolute Gasteiger partial charge is 0.146 e. The Morgan fingerprint density at radius 2 is 1.16 bits per heavy atom. The van der Waals surface area contributed by atoms with Crippen LogP contribution < -0.4 is 0 Å². The van der Waals surface area contributed by atoms with Crippen molar-refractivity contribution in [3.05, 3.63) is 0 Å². The predicted octanol–water partition coefficient (Wildman–Crippen LogP) is -1.03. The Bertz CT molecular complexity index is 214. The van der Waals surface area contributed by atoms with Gasteiger partial charge in [-0.15, -0.1) is 0 Å². The molecule has 0 aromatic carbocycles. The van der Waals surface area contributed by atoms with Crippen LogP contribution in [0.4, 0.5) is 0 Å². The zero-order valence-electron chi connectivity index (χ0n) is 10.9. The van der Waals surface area contributed by atoms with E-state index in [0.29, 0.717) is 26.4 Å². The van der Waals surface area contributed by atoms with Crippen molar-refractivity contribution in [2.75, 3.05) is 53.2 Å². The van der Waals surface area contributed by atoms with E-state index in [0.717, 1.165) is 0 Å².